The first-order valence-corrected chi connectivity index (χ1v) is 11.2. The van der Waals surface area contributed by atoms with Crippen molar-refractivity contribution in [2.45, 2.75) is 24.2 Å². The summed E-state index contributed by atoms with van der Waals surface area (Å²) in [5.74, 6) is 0.214. The number of carbonyl (C=O) groups is 2. The van der Waals surface area contributed by atoms with Gasteiger partial charge < -0.3 is 10.0 Å². The molecule has 0 bridgehead atoms. The van der Waals surface area contributed by atoms with Crippen LogP contribution >= 0.6 is 0 Å². The molecule has 1 atom stereocenters. The minimum absolute atomic E-state index is 0.121. The molecule has 0 aliphatic carbocycles. The van der Waals surface area contributed by atoms with E-state index in [1.54, 1.807) is 17.0 Å². The van der Waals surface area contributed by atoms with Gasteiger partial charge in [0.15, 0.2) is 0 Å². The summed E-state index contributed by atoms with van der Waals surface area (Å²) in [6.07, 6.45) is 1.54. The Balaban J connectivity index is 1.78. The highest BCUT2D eigenvalue weighted by Crippen LogP contribution is 2.42. The molecule has 1 aromatic carbocycles. The van der Waals surface area contributed by atoms with E-state index in [-0.39, 0.29) is 35.3 Å². The van der Waals surface area contributed by atoms with E-state index >= 15 is 0 Å². The van der Waals surface area contributed by atoms with Gasteiger partial charge in [0.1, 0.15) is 11.9 Å². The quantitative estimate of drug-likeness (QED) is 0.692. The van der Waals surface area contributed by atoms with Gasteiger partial charge in [-0.3, -0.25) is 9.80 Å². The van der Waals surface area contributed by atoms with Gasteiger partial charge in [0, 0.05) is 37.2 Å². The van der Waals surface area contributed by atoms with E-state index < -0.39 is 28.0 Å². The van der Waals surface area contributed by atoms with Crippen LogP contribution in [0.25, 0.3) is 0 Å². The third-order valence-electron chi connectivity index (χ3n) is 5.39. The van der Waals surface area contributed by atoms with Crippen molar-refractivity contribution >= 4 is 33.5 Å². The number of para-hydroxylation sites is 1. The second kappa shape index (κ2) is 7.21. The van der Waals surface area contributed by atoms with Crippen LogP contribution in [0.4, 0.5) is 21.1 Å². The zero-order chi connectivity index (χ0) is 22.5. The monoisotopic (exact) mass is 442 g/mol. The van der Waals surface area contributed by atoms with Crippen molar-refractivity contribution in [3.63, 3.8) is 0 Å². The number of sulfone groups is 1. The standard InChI is InChI=1S/C19H18N6O5S/c1-23-16-12(9-21-17(22-16)31(2,29)30)10-25(18(23)26)14-6-7-24(19(27)28)15-11(8-20)4-3-5-13(14)15/h3-5,9,14H,6-7,10H2,1-2H3,(H,27,28). The number of fused-ring (bicyclic) bond motifs is 2. The van der Waals surface area contributed by atoms with E-state index in [0.717, 1.165) is 11.2 Å². The molecule has 0 radical (unpaired) electrons. The number of carbonyl (C=O) groups excluding carboxylic acids is 1. The second-order valence-electron chi connectivity index (χ2n) is 7.34. The number of benzene rings is 1. The van der Waals surface area contributed by atoms with Gasteiger partial charge in [-0.1, -0.05) is 12.1 Å². The molecule has 2 aromatic rings. The average Bonchev–Trinajstić information content (AvgIpc) is 2.74. The van der Waals surface area contributed by atoms with Gasteiger partial charge in [0.2, 0.25) is 15.0 Å². The number of carboxylic acid groups (broad SMARTS) is 1. The Bertz CT molecular complexity index is 1250. The number of hydrogen-bond donors (Lipinski definition) is 1. The highest BCUT2D eigenvalue weighted by molar-refractivity contribution is 7.90. The zero-order valence-corrected chi connectivity index (χ0v) is 17.5. The summed E-state index contributed by atoms with van der Waals surface area (Å²) >= 11 is 0. The van der Waals surface area contributed by atoms with E-state index in [9.17, 15) is 28.4 Å². The van der Waals surface area contributed by atoms with Crippen molar-refractivity contribution in [2.24, 2.45) is 0 Å². The lowest BCUT2D eigenvalue weighted by atomic mass is 9.92. The summed E-state index contributed by atoms with van der Waals surface area (Å²) in [7, 11) is -2.15. The molecule has 4 rings (SSSR count). The number of nitriles is 1. The van der Waals surface area contributed by atoms with Crippen LogP contribution in [0.5, 0.6) is 0 Å². The van der Waals surface area contributed by atoms with Gasteiger partial charge in [-0.15, -0.1) is 0 Å². The van der Waals surface area contributed by atoms with Crippen LogP contribution in [0.1, 0.15) is 29.2 Å². The van der Waals surface area contributed by atoms with Crippen molar-refractivity contribution < 1.29 is 23.1 Å². The summed E-state index contributed by atoms with van der Waals surface area (Å²) in [5, 5.41) is 18.7. The largest absolute Gasteiger partial charge is 0.465 e. The molecule has 3 amide bonds. The zero-order valence-electron chi connectivity index (χ0n) is 16.7. The van der Waals surface area contributed by atoms with E-state index in [2.05, 4.69) is 9.97 Å². The molecular formula is C19H18N6O5S. The Labute approximate surface area is 178 Å². The first-order valence-electron chi connectivity index (χ1n) is 9.27. The fourth-order valence-electron chi connectivity index (χ4n) is 4.00. The predicted octanol–water partition coefficient (Wildman–Crippen LogP) is 1.75. The Morgan fingerprint density at radius 1 is 1.35 bits per heavy atom. The van der Waals surface area contributed by atoms with E-state index in [0.29, 0.717) is 17.5 Å². The van der Waals surface area contributed by atoms with Crippen molar-refractivity contribution in [1.29, 1.82) is 5.26 Å². The molecule has 1 unspecified atom stereocenters. The first kappa shape index (κ1) is 20.5. The third kappa shape index (κ3) is 3.32. The summed E-state index contributed by atoms with van der Waals surface area (Å²) in [5.41, 5.74) is 1.61. The molecular weight excluding hydrogens is 424 g/mol. The highest BCUT2D eigenvalue weighted by Gasteiger charge is 2.40. The number of rotatable bonds is 2. The van der Waals surface area contributed by atoms with E-state index in [4.69, 9.17) is 0 Å². The topological polar surface area (TPSA) is 148 Å². The molecule has 0 saturated carbocycles. The number of amides is 3. The smallest absolute Gasteiger partial charge is 0.411 e. The number of anilines is 2. The number of nitrogens with zero attached hydrogens (tertiary/aromatic N) is 6. The maximum Gasteiger partial charge on any atom is 0.411 e. The van der Waals surface area contributed by atoms with Crippen LogP contribution in [0.3, 0.4) is 0 Å². The van der Waals surface area contributed by atoms with Gasteiger partial charge in [-0.2, -0.15) is 5.26 Å². The van der Waals surface area contributed by atoms with Gasteiger partial charge in [0.05, 0.1) is 23.8 Å². The summed E-state index contributed by atoms with van der Waals surface area (Å²) in [6, 6.07) is 6.04. The summed E-state index contributed by atoms with van der Waals surface area (Å²) in [6.45, 7) is 0.242. The van der Waals surface area contributed by atoms with Crippen molar-refractivity contribution in [1.82, 2.24) is 14.9 Å². The lowest BCUT2D eigenvalue weighted by Crippen LogP contribution is -2.49. The maximum atomic E-state index is 13.2. The molecule has 11 nitrogen and oxygen atoms in total. The molecule has 1 N–H and O–H groups in total. The molecule has 0 spiro atoms. The predicted molar refractivity (Wildman–Crippen MR) is 108 cm³/mol. The fourth-order valence-corrected chi connectivity index (χ4v) is 4.49. The summed E-state index contributed by atoms with van der Waals surface area (Å²) in [4.78, 5) is 36.8. The highest BCUT2D eigenvalue weighted by atomic mass is 32.2. The number of aromatic nitrogens is 2. The average molecular weight is 442 g/mol. The van der Waals surface area contributed by atoms with Crippen LogP contribution in [-0.4, -0.2) is 60.4 Å². The van der Waals surface area contributed by atoms with Crippen molar-refractivity contribution in [2.75, 3.05) is 29.6 Å². The van der Waals surface area contributed by atoms with Gasteiger partial charge >= 0.3 is 12.1 Å². The van der Waals surface area contributed by atoms with E-state index in [1.165, 1.54) is 24.2 Å². The lowest BCUT2D eigenvalue weighted by Gasteiger charge is -2.43. The Kier molecular flexibility index (Phi) is 4.78. The van der Waals surface area contributed by atoms with E-state index in [1.807, 2.05) is 6.07 Å². The van der Waals surface area contributed by atoms with Crippen LogP contribution in [-0.2, 0) is 16.4 Å². The Morgan fingerprint density at radius 3 is 2.74 bits per heavy atom. The van der Waals surface area contributed by atoms with Gasteiger partial charge in [0.25, 0.3) is 0 Å². The van der Waals surface area contributed by atoms with Crippen molar-refractivity contribution in [3.8, 4) is 6.07 Å². The fraction of sp³-hybridized carbons (Fsp3) is 0.316. The third-order valence-corrected chi connectivity index (χ3v) is 6.25. The minimum Gasteiger partial charge on any atom is -0.465 e. The van der Waals surface area contributed by atoms with Gasteiger partial charge in [-0.05, 0) is 12.5 Å². The molecule has 0 fully saturated rings. The minimum atomic E-state index is -3.64. The SMILES string of the molecule is CN1C(=O)N(C2CCN(C(=O)O)c3c(C#N)cccc32)Cc2cnc(S(C)(=O)=O)nc21. The molecule has 0 saturated heterocycles. The summed E-state index contributed by atoms with van der Waals surface area (Å²) < 4.78 is 23.6. The van der Waals surface area contributed by atoms with Crippen LogP contribution < -0.4 is 9.80 Å². The van der Waals surface area contributed by atoms with Crippen LogP contribution in [0.15, 0.2) is 29.6 Å². The van der Waals surface area contributed by atoms with Gasteiger partial charge in [-0.25, -0.2) is 28.0 Å². The molecule has 160 valence electrons. The normalized spacial score (nSPS) is 18.3. The molecule has 31 heavy (non-hydrogen) atoms. The van der Waals surface area contributed by atoms with Crippen LogP contribution in [0.2, 0.25) is 0 Å². The Hall–Kier alpha value is -3.72. The first-order chi connectivity index (χ1) is 14.6. The maximum absolute atomic E-state index is 13.2. The molecule has 2 aliphatic rings. The molecule has 2 aliphatic heterocycles. The van der Waals surface area contributed by atoms with Crippen LogP contribution in [0, 0.1) is 11.3 Å². The van der Waals surface area contributed by atoms with Crippen molar-refractivity contribution in [3.05, 3.63) is 41.1 Å². The number of hydrogen-bond acceptors (Lipinski definition) is 7. The second-order valence-corrected chi connectivity index (χ2v) is 9.25. The Morgan fingerprint density at radius 2 is 2.10 bits per heavy atom. The molecule has 3 heterocycles. The lowest BCUT2D eigenvalue weighted by molar-refractivity contribution is 0.166. The molecule has 12 heteroatoms. The molecule has 1 aromatic heterocycles. The number of urea groups is 1.